The van der Waals surface area contributed by atoms with Gasteiger partial charge in [-0.15, -0.1) is 11.3 Å². The van der Waals surface area contributed by atoms with Crippen LogP contribution in [0.25, 0.3) is 0 Å². The second-order valence-corrected chi connectivity index (χ2v) is 6.50. The zero-order chi connectivity index (χ0) is 16.2. The van der Waals surface area contributed by atoms with Gasteiger partial charge in [0.1, 0.15) is 5.82 Å². The van der Waals surface area contributed by atoms with E-state index in [1.807, 2.05) is 30.5 Å². The molecule has 0 aliphatic carbocycles. The van der Waals surface area contributed by atoms with Crippen molar-refractivity contribution in [2.45, 2.75) is 12.8 Å². The molecule has 1 amide bonds. The van der Waals surface area contributed by atoms with Crippen LogP contribution in [0.3, 0.4) is 0 Å². The number of carbonyl (C=O) groups excluding carboxylic acids is 1. The molecule has 0 unspecified atom stereocenters. The van der Waals surface area contributed by atoms with Gasteiger partial charge in [-0.05, 0) is 36.6 Å². The molecule has 0 bridgehead atoms. The lowest BCUT2D eigenvalue weighted by Crippen LogP contribution is -2.36. The highest BCUT2D eigenvalue weighted by Crippen LogP contribution is 2.26. The molecule has 0 saturated carbocycles. The lowest BCUT2D eigenvalue weighted by molar-refractivity contribution is -0.117. The Morgan fingerprint density at radius 1 is 1.35 bits per heavy atom. The Morgan fingerprint density at radius 3 is 2.83 bits per heavy atom. The van der Waals surface area contributed by atoms with Gasteiger partial charge < -0.3 is 15.0 Å². The van der Waals surface area contributed by atoms with Crippen molar-refractivity contribution in [1.82, 2.24) is 0 Å². The summed E-state index contributed by atoms with van der Waals surface area (Å²) in [7, 11) is 0. The first kappa shape index (κ1) is 16.0. The number of carbonyl (C=O) groups is 1. The Kier molecular flexibility index (Phi) is 4.93. The van der Waals surface area contributed by atoms with Crippen LogP contribution in [0.2, 0.25) is 0 Å². The fourth-order valence-corrected chi connectivity index (χ4v) is 3.35. The molecule has 1 aromatic carbocycles. The van der Waals surface area contributed by atoms with Crippen LogP contribution in [0.1, 0.15) is 17.7 Å². The van der Waals surface area contributed by atoms with Crippen LogP contribution in [-0.2, 0) is 9.53 Å². The molecule has 1 fully saturated rings. The van der Waals surface area contributed by atoms with Crippen molar-refractivity contribution in [1.29, 1.82) is 0 Å². The molecule has 1 aromatic heterocycles. The van der Waals surface area contributed by atoms with Gasteiger partial charge in [-0.25, -0.2) is 4.39 Å². The van der Waals surface area contributed by atoms with Crippen molar-refractivity contribution in [2.75, 3.05) is 36.5 Å². The predicted molar refractivity (Wildman–Crippen MR) is 90.8 cm³/mol. The molecule has 2 aromatic rings. The van der Waals surface area contributed by atoms with Gasteiger partial charge in [0.25, 0.3) is 0 Å². The summed E-state index contributed by atoms with van der Waals surface area (Å²) < 4.78 is 19.2. The molecule has 23 heavy (non-hydrogen) atoms. The van der Waals surface area contributed by atoms with Gasteiger partial charge in [-0.3, -0.25) is 4.79 Å². The fraction of sp³-hybridized carbons (Fsp3) is 0.353. The summed E-state index contributed by atoms with van der Waals surface area (Å²) in [5.74, 6) is -0.746. The third kappa shape index (κ3) is 3.89. The molecule has 1 aliphatic heterocycles. The van der Waals surface area contributed by atoms with Crippen molar-refractivity contribution in [3.8, 4) is 0 Å². The van der Waals surface area contributed by atoms with E-state index < -0.39 is 0 Å². The monoisotopic (exact) mass is 334 g/mol. The minimum absolute atomic E-state index is 0.133. The van der Waals surface area contributed by atoms with Crippen LogP contribution in [0.4, 0.5) is 15.8 Å². The SMILES string of the molecule is C[C@@H](C(=O)Nc1cc(F)cc(N2CCOCC2)c1)c1cccs1. The van der Waals surface area contributed by atoms with Crippen molar-refractivity contribution in [3.63, 3.8) is 0 Å². The summed E-state index contributed by atoms with van der Waals surface area (Å²) in [4.78, 5) is 15.4. The number of hydrogen-bond donors (Lipinski definition) is 1. The molecule has 0 spiro atoms. The van der Waals surface area contributed by atoms with Crippen molar-refractivity contribution < 1.29 is 13.9 Å². The van der Waals surface area contributed by atoms with Gasteiger partial charge in [0.15, 0.2) is 0 Å². The Balaban J connectivity index is 1.74. The summed E-state index contributed by atoms with van der Waals surface area (Å²) in [5.41, 5.74) is 1.26. The standard InChI is InChI=1S/C17H19FN2O2S/c1-12(16-3-2-8-23-16)17(21)19-14-9-13(18)10-15(11-14)20-4-6-22-7-5-20/h2-3,8-12H,4-7H2,1H3,(H,19,21)/t12-/m1/s1. The summed E-state index contributed by atoms with van der Waals surface area (Å²) >= 11 is 1.54. The molecule has 2 heterocycles. The average Bonchev–Trinajstić information content (AvgIpc) is 3.09. The Morgan fingerprint density at radius 2 is 2.13 bits per heavy atom. The average molecular weight is 334 g/mol. The molecule has 1 aliphatic rings. The van der Waals surface area contributed by atoms with E-state index in [2.05, 4.69) is 10.2 Å². The molecule has 0 radical (unpaired) electrons. The molecule has 1 atom stereocenters. The van der Waals surface area contributed by atoms with Gasteiger partial charge in [0.2, 0.25) is 5.91 Å². The number of benzene rings is 1. The van der Waals surface area contributed by atoms with Crippen LogP contribution in [0.5, 0.6) is 0 Å². The molecule has 6 heteroatoms. The Hall–Kier alpha value is -1.92. The topological polar surface area (TPSA) is 41.6 Å². The molecular weight excluding hydrogens is 315 g/mol. The number of morpholine rings is 1. The number of nitrogens with zero attached hydrogens (tertiary/aromatic N) is 1. The van der Waals surface area contributed by atoms with E-state index in [1.165, 1.54) is 12.1 Å². The molecular formula is C17H19FN2O2S. The third-order valence-corrected chi connectivity index (χ3v) is 4.94. The third-order valence-electron chi connectivity index (χ3n) is 3.89. The summed E-state index contributed by atoms with van der Waals surface area (Å²) in [5, 5.41) is 4.76. The maximum Gasteiger partial charge on any atom is 0.232 e. The summed E-state index contributed by atoms with van der Waals surface area (Å²) in [6, 6.07) is 8.50. The maximum atomic E-state index is 13.9. The highest BCUT2D eigenvalue weighted by molar-refractivity contribution is 7.10. The normalized spacial score (nSPS) is 16.2. The van der Waals surface area contributed by atoms with Crippen molar-refractivity contribution >= 4 is 28.6 Å². The number of amides is 1. The van der Waals surface area contributed by atoms with Gasteiger partial charge in [0, 0.05) is 29.3 Å². The van der Waals surface area contributed by atoms with Crippen LogP contribution in [0.15, 0.2) is 35.7 Å². The minimum Gasteiger partial charge on any atom is -0.378 e. The second-order valence-electron chi connectivity index (χ2n) is 5.52. The van der Waals surface area contributed by atoms with Crippen molar-refractivity contribution in [3.05, 3.63) is 46.4 Å². The minimum atomic E-state index is -0.354. The molecule has 3 rings (SSSR count). The smallest absolute Gasteiger partial charge is 0.232 e. The number of anilines is 2. The fourth-order valence-electron chi connectivity index (χ4n) is 2.57. The first-order valence-corrected chi connectivity index (χ1v) is 8.49. The first-order valence-electron chi connectivity index (χ1n) is 7.61. The number of hydrogen-bond acceptors (Lipinski definition) is 4. The van der Waals surface area contributed by atoms with E-state index in [4.69, 9.17) is 4.74 Å². The van der Waals surface area contributed by atoms with Crippen molar-refractivity contribution in [2.24, 2.45) is 0 Å². The zero-order valence-corrected chi connectivity index (χ0v) is 13.7. The lowest BCUT2D eigenvalue weighted by Gasteiger charge is -2.29. The summed E-state index contributed by atoms with van der Waals surface area (Å²) in [6.45, 7) is 4.56. The highest BCUT2D eigenvalue weighted by atomic mass is 32.1. The van der Waals surface area contributed by atoms with Crippen LogP contribution in [0, 0.1) is 5.82 Å². The molecule has 122 valence electrons. The van der Waals surface area contributed by atoms with Gasteiger partial charge in [-0.2, -0.15) is 0 Å². The summed E-state index contributed by atoms with van der Waals surface area (Å²) in [6.07, 6.45) is 0. The van der Waals surface area contributed by atoms with E-state index in [-0.39, 0.29) is 17.6 Å². The number of thiophene rings is 1. The highest BCUT2D eigenvalue weighted by Gasteiger charge is 2.18. The number of nitrogens with one attached hydrogen (secondary N) is 1. The van der Waals surface area contributed by atoms with E-state index in [9.17, 15) is 9.18 Å². The van der Waals surface area contributed by atoms with Gasteiger partial charge in [-0.1, -0.05) is 6.07 Å². The maximum absolute atomic E-state index is 13.9. The predicted octanol–water partition coefficient (Wildman–Crippen LogP) is 3.47. The first-order chi connectivity index (χ1) is 11.1. The van der Waals surface area contributed by atoms with Crippen LogP contribution in [-0.4, -0.2) is 32.2 Å². The molecule has 1 saturated heterocycles. The second kappa shape index (κ2) is 7.10. The zero-order valence-electron chi connectivity index (χ0n) is 12.9. The van der Waals surface area contributed by atoms with E-state index in [1.54, 1.807) is 11.3 Å². The van der Waals surface area contributed by atoms with E-state index in [0.717, 1.165) is 23.7 Å². The quantitative estimate of drug-likeness (QED) is 0.931. The van der Waals surface area contributed by atoms with Gasteiger partial charge >= 0.3 is 0 Å². The molecule has 4 nitrogen and oxygen atoms in total. The Labute approximate surface area is 138 Å². The molecule has 1 N–H and O–H groups in total. The van der Waals surface area contributed by atoms with E-state index >= 15 is 0 Å². The van der Waals surface area contributed by atoms with Gasteiger partial charge in [0.05, 0.1) is 19.1 Å². The number of ether oxygens (including phenoxy) is 1. The largest absolute Gasteiger partial charge is 0.378 e. The Bertz CT molecular complexity index is 669. The van der Waals surface area contributed by atoms with E-state index in [0.29, 0.717) is 18.9 Å². The lowest BCUT2D eigenvalue weighted by atomic mass is 10.1. The van der Waals surface area contributed by atoms with Crippen LogP contribution >= 0.6 is 11.3 Å². The number of halogens is 1. The van der Waals surface area contributed by atoms with Crippen LogP contribution < -0.4 is 10.2 Å². The number of rotatable bonds is 4.